The third kappa shape index (κ3) is 6.71. The van der Waals surface area contributed by atoms with E-state index in [9.17, 15) is 13.0 Å². The molecular weight excluding hydrogens is 448 g/mol. The molecule has 4 aromatic rings. The molecule has 0 N–H and O–H groups in total. The highest BCUT2D eigenvalue weighted by atomic mass is 35.5. The summed E-state index contributed by atoms with van der Waals surface area (Å²) in [7, 11) is -4.35. The molecule has 0 aliphatic heterocycles. The van der Waals surface area contributed by atoms with Gasteiger partial charge in [0.15, 0.2) is 14.7 Å². The van der Waals surface area contributed by atoms with Crippen LogP contribution in [0.1, 0.15) is 5.56 Å². The Labute approximate surface area is 191 Å². The van der Waals surface area contributed by atoms with Gasteiger partial charge in [0.25, 0.3) is 0 Å². The Bertz CT molecular complexity index is 1150. The molecule has 0 fully saturated rings. The van der Waals surface area contributed by atoms with Crippen LogP contribution in [0.4, 0.5) is 0 Å². The second-order valence-electron chi connectivity index (χ2n) is 6.65. The average Bonchev–Trinajstić information content (AvgIpc) is 2.77. The Morgan fingerprint density at radius 1 is 0.645 bits per heavy atom. The van der Waals surface area contributed by atoms with Crippen molar-refractivity contribution in [3.05, 3.63) is 120 Å². The van der Waals surface area contributed by atoms with Crippen molar-refractivity contribution in [3.8, 4) is 0 Å². The highest BCUT2D eigenvalue weighted by molar-refractivity contribution is 7.97. The third-order valence-corrected chi connectivity index (χ3v) is 7.65. The molecule has 0 bridgehead atoms. The highest BCUT2D eigenvalue weighted by Gasteiger charge is 2.27. The van der Waals surface area contributed by atoms with Crippen LogP contribution in [0.2, 0.25) is 5.02 Å². The van der Waals surface area contributed by atoms with E-state index in [4.69, 9.17) is 11.6 Å². The van der Waals surface area contributed by atoms with Gasteiger partial charge in [0, 0.05) is 5.02 Å². The molecule has 0 heterocycles. The predicted octanol–water partition coefficient (Wildman–Crippen LogP) is 6.33. The predicted molar refractivity (Wildman–Crippen MR) is 126 cm³/mol. The molecule has 0 amide bonds. The number of rotatable bonds is 4. The summed E-state index contributed by atoms with van der Waals surface area (Å²) in [6.45, 7) is 1.82. The number of hydrogen-bond acceptors (Lipinski definition) is 3. The van der Waals surface area contributed by atoms with Gasteiger partial charge in [-0.25, -0.2) is 8.42 Å². The average molecular weight is 469 g/mol. The fraction of sp³-hybridized carbons (Fsp3) is 0.0400. The van der Waals surface area contributed by atoms with Crippen molar-refractivity contribution < 1.29 is 13.0 Å². The minimum atomic E-state index is -4.27. The maximum atomic E-state index is 10.4. The van der Waals surface area contributed by atoms with E-state index in [-0.39, 0.29) is 15.8 Å². The van der Waals surface area contributed by atoms with Crippen molar-refractivity contribution in [2.45, 2.75) is 26.5 Å². The van der Waals surface area contributed by atoms with Gasteiger partial charge in [0.05, 0.1) is 15.8 Å². The van der Waals surface area contributed by atoms with Crippen molar-refractivity contribution in [1.82, 2.24) is 0 Å². The third-order valence-electron chi connectivity index (χ3n) is 4.32. The van der Waals surface area contributed by atoms with E-state index in [0.29, 0.717) is 0 Å². The van der Waals surface area contributed by atoms with Crippen LogP contribution in [0, 0.1) is 6.92 Å². The Hall–Kier alpha value is -2.57. The molecule has 0 aromatic heterocycles. The molecule has 0 radical (unpaired) electrons. The summed E-state index contributed by atoms with van der Waals surface area (Å²) < 4.78 is 31.2. The van der Waals surface area contributed by atoms with Crippen molar-refractivity contribution >= 4 is 32.6 Å². The molecule has 4 rings (SSSR count). The van der Waals surface area contributed by atoms with Crippen LogP contribution < -0.4 is 0 Å². The van der Waals surface area contributed by atoms with E-state index in [1.165, 1.54) is 26.8 Å². The first-order chi connectivity index (χ1) is 14.8. The molecule has 0 aliphatic carbocycles. The Balaban J connectivity index is 0.000000210. The number of halogens is 1. The lowest BCUT2D eigenvalue weighted by atomic mass is 10.2. The first-order valence-corrected chi connectivity index (χ1v) is 12.5. The molecule has 0 aliphatic rings. The molecule has 3 nitrogen and oxygen atoms in total. The van der Waals surface area contributed by atoms with E-state index in [0.717, 1.165) is 10.6 Å². The largest absolute Gasteiger partial charge is 0.744 e. The van der Waals surface area contributed by atoms with Crippen molar-refractivity contribution in [2.24, 2.45) is 0 Å². The second kappa shape index (κ2) is 10.6. The monoisotopic (exact) mass is 468 g/mol. The van der Waals surface area contributed by atoms with Crippen molar-refractivity contribution in [2.75, 3.05) is 0 Å². The smallest absolute Gasteiger partial charge is 0.166 e. The van der Waals surface area contributed by atoms with Gasteiger partial charge in [-0.2, -0.15) is 0 Å². The molecule has 0 spiro atoms. The minimum Gasteiger partial charge on any atom is -0.744 e. The fourth-order valence-electron chi connectivity index (χ4n) is 2.80. The van der Waals surface area contributed by atoms with Gasteiger partial charge < -0.3 is 4.55 Å². The van der Waals surface area contributed by atoms with Crippen LogP contribution >= 0.6 is 11.6 Å². The normalized spacial score (nSPS) is 11.0. The summed E-state index contributed by atoms with van der Waals surface area (Å²) >= 11 is 6.01. The fourth-order valence-corrected chi connectivity index (χ4v) is 5.48. The Kier molecular flexibility index (Phi) is 7.93. The first-order valence-electron chi connectivity index (χ1n) is 9.47. The van der Waals surface area contributed by atoms with Gasteiger partial charge in [0.2, 0.25) is 0 Å². The van der Waals surface area contributed by atoms with Crippen LogP contribution in [-0.2, 0) is 21.0 Å². The summed E-state index contributed by atoms with van der Waals surface area (Å²) in [6, 6.07) is 35.2. The maximum absolute atomic E-state index is 10.4. The highest BCUT2D eigenvalue weighted by Crippen LogP contribution is 2.31. The van der Waals surface area contributed by atoms with Crippen LogP contribution in [0.3, 0.4) is 0 Å². The molecule has 158 valence electrons. The van der Waals surface area contributed by atoms with Crippen molar-refractivity contribution in [1.29, 1.82) is 0 Å². The summed E-state index contributed by atoms with van der Waals surface area (Å²) in [5.41, 5.74) is 0.928. The van der Waals surface area contributed by atoms with Gasteiger partial charge in [-0.3, -0.25) is 0 Å². The number of aryl methyl sites for hydroxylation is 1. The molecule has 6 heteroatoms. The first kappa shape index (κ1) is 23.1. The molecule has 4 aromatic carbocycles. The van der Waals surface area contributed by atoms with Gasteiger partial charge in [-0.05, 0) is 67.6 Å². The van der Waals surface area contributed by atoms with Gasteiger partial charge in [-0.1, -0.05) is 65.7 Å². The van der Waals surface area contributed by atoms with Gasteiger partial charge in [0.1, 0.15) is 10.1 Å². The molecule has 0 atom stereocenters. The summed E-state index contributed by atoms with van der Waals surface area (Å²) in [5, 5.41) is 0.776. The zero-order chi connectivity index (χ0) is 22.3. The standard InChI is InChI=1S/C18H14ClS.C7H8O3S/c19-15-11-13-18(14-12-15)20(16-7-3-1-4-8-16)17-9-5-2-6-10-17;1-6-2-4-7(5-3-6)11(8,9)10/h1-14H;2-5H,1H3,(H,8,9,10)/q+1;/p-1. The minimum absolute atomic E-state index is 0.0815. The molecular formula is C25H21ClO3S2. The van der Waals surface area contributed by atoms with E-state index in [1.54, 1.807) is 12.1 Å². The maximum Gasteiger partial charge on any atom is 0.166 e. The summed E-state index contributed by atoms with van der Waals surface area (Å²) in [6.07, 6.45) is 0. The second-order valence-corrected chi connectivity index (χ2v) is 10.5. The zero-order valence-corrected chi connectivity index (χ0v) is 19.2. The summed E-state index contributed by atoms with van der Waals surface area (Å²) in [4.78, 5) is 3.75. The molecule has 0 saturated carbocycles. The molecule has 31 heavy (non-hydrogen) atoms. The molecule has 0 unspecified atom stereocenters. The van der Waals surface area contributed by atoms with E-state index >= 15 is 0 Å². The van der Waals surface area contributed by atoms with E-state index in [2.05, 4.69) is 72.8 Å². The molecule has 0 saturated heterocycles. The number of hydrogen-bond donors (Lipinski definition) is 0. The van der Waals surface area contributed by atoms with Gasteiger partial charge >= 0.3 is 0 Å². The lowest BCUT2D eigenvalue weighted by Gasteiger charge is -2.07. The van der Waals surface area contributed by atoms with Crippen molar-refractivity contribution in [3.63, 3.8) is 0 Å². The number of benzene rings is 4. The van der Waals surface area contributed by atoms with E-state index < -0.39 is 10.1 Å². The lowest BCUT2D eigenvalue weighted by molar-refractivity contribution is 0.463. The van der Waals surface area contributed by atoms with Crippen LogP contribution in [-0.4, -0.2) is 13.0 Å². The topological polar surface area (TPSA) is 57.2 Å². The Morgan fingerprint density at radius 3 is 1.48 bits per heavy atom. The van der Waals surface area contributed by atoms with Crippen LogP contribution in [0.25, 0.3) is 0 Å². The SMILES string of the molecule is Cc1ccc(S(=O)(=O)[O-])cc1.Clc1ccc([S+](c2ccccc2)c2ccccc2)cc1. The Morgan fingerprint density at radius 2 is 1.06 bits per heavy atom. The quantitative estimate of drug-likeness (QED) is 0.259. The van der Waals surface area contributed by atoms with Crippen LogP contribution in [0.5, 0.6) is 0 Å². The van der Waals surface area contributed by atoms with E-state index in [1.807, 2.05) is 19.1 Å². The van der Waals surface area contributed by atoms with Gasteiger partial charge in [-0.15, -0.1) is 0 Å². The van der Waals surface area contributed by atoms with Crippen LogP contribution in [0.15, 0.2) is 129 Å². The summed E-state index contributed by atoms with van der Waals surface area (Å²) in [5.74, 6) is 0. The lowest BCUT2D eigenvalue weighted by Crippen LogP contribution is -2.04. The zero-order valence-electron chi connectivity index (χ0n) is 16.8.